The zero-order chi connectivity index (χ0) is 16.8. The summed E-state index contributed by atoms with van der Waals surface area (Å²) in [5, 5.41) is 3.55. The number of hydrogen-bond acceptors (Lipinski definition) is 2. The Hall–Kier alpha value is -1.98. The van der Waals surface area contributed by atoms with Gasteiger partial charge in [0.1, 0.15) is 5.76 Å². The van der Waals surface area contributed by atoms with Crippen molar-refractivity contribution >= 4 is 23.3 Å². The van der Waals surface area contributed by atoms with Crippen LogP contribution in [0.15, 0.2) is 47.1 Å². The summed E-state index contributed by atoms with van der Waals surface area (Å²) >= 11 is 5.88. The van der Waals surface area contributed by atoms with E-state index in [0.29, 0.717) is 17.3 Å². The highest BCUT2D eigenvalue weighted by Gasteiger charge is 2.24. The number of hydrogen-bond donors (Lipinski definition) is 2. The SMILES string of the molecule is CC(c1ccco1)N(CC[NH+](C)C)C(=O)Nc1ccc(Cl)cc1. The number of carbonyl (C=O) groups is 1. The van der Waals surface area contributed by atoms with Gasteiger partial charge in [-0.1, -0.05) is 11.6 Å². The molecule has 2 rings (SSSR count). The number of amides is 2. The first-order chi connectivity index (χ1) is 11.0. The van der Waals surface area contributed by atoms with E-state index in [0.717, 1.165) is 12.3 Å². The molecule has 6 heteroatoms. The van der Waals surface area contributed by atoms with Gasteiger partial charge in [-0.25, -0.2) is 4.79 Å². The number of rotatable bonds is 6. The maximum atomic E-state index is 12.7. The fraction of sp³-hybridized carbons (Fsp3) is 0.353. The highest BCUT2D eigenvalue weighted by atomic mass is 35.5. The summed E-state index contributed by atoms with van der Waals surface area (Å²) in [7, 11) is 4.12. The third kappa shape index (κ3) is 5.01. The number of halogens is 1. The Kier molecular flexibility index (Phi) is 6.07. The van der Waals surface area contributed by atoms with Gasteiger partial charge in [-0.3, -0.25) is 0 Å². The van der Waals surface area contributed by atoms with Crippen molar-refractivity contribution in [3.05, 3.63) is 53.4 Å². The zero-order valence-corrected chi connectivity index (χ0v) is 14.4. The second kappa shape index (κ2) is 8.04. The molecule has 1 aromatic carbocycles. The molecule has 0 aliphatic carbocycles. The highest BCUT2D eigenvalue weighted by molar-refractivity contribution is 6.30. The summed E-state index contributed by atoms with van der Waals surface area (Å²) in [6.45, 7) is 3.44. The van der Waals surface area contributed by atoms with E-state index >= 15 is 0 Å². The van der Waals surface area contributed by atoms with Crippen molar-refractivity contribution < 1.29 is 14.1 Å². The third-order valence-electron chi connectivity index (χ3n) is 3.63. The lowest BCUT2D eigenvalue weighted by Crippen LogP contribution is -3.06. The predicted octanol–water partition coefficient (Wildman–Crippen LogP) is 2.67. The van der Waals surface area contributed by atoms with Crippen LogP contribution >= 0.6 is 11.6 Å². The smallest absolute Gasteiger partial charge is 0.322 e. The van der Waals surface area contributed by atoms with Crippen LogP contribution in [0.2, 0.25) is 5.02 Å². The number of quaternary nitrogens is 1. The van der Waals surface area contributed by atoms with Gasteiger partial charge in [0.05, 0.1) is 39.5 Å². The third-order valence-corrected chi connectivity index (χ3v) is 3.88. The van der Waals surface area contributed by atoms with Gasteiger partial charge in [0.15, 0.2) is 0 Å². The molecule has 2 N–H and O–H groups in total. The largest absolute Gasteiger partial charge is 0.467 e. The molecule has 2 aromatic rings. The van der Waals surface area contributed by atoms with Crippen molar-refractivity contribution in [1.29, 1.82) is 0 Å². The molecule has 0 bridgehead atoms. The lowest BCUT2D eigenvalue weighted by molar-refractivity contribution is -0.857. The molecule has 1 aromatic heterocycles. The lowest BCUT2D eigenvalue weighted by atomic mass is 10.2. The van der Waals surface area contributed by atoms with Gasteiger partial charge in [0.2, 0.25) is 0 Å². The van der Waals surface area contributed by atoms with Crippen molar-refractivity contribution in [1.82, 2.24) is 4.90 Å². The summed E-state index contributed by atoms with van der Waals surface area (Å²) in [6.07, 6.45) is 1.62. The topological polar surface area (TPSA) is 49.9 Å². The molecule has 1 heterocycles. The van der Waals surface area contributed by atoms with E-state index in [-0.39, 0.29) is 12.1 Å². The Morgan fingerprint density at radius 1 is 1.30 bits per heavy atom. The van der Waals surface area contributed by atoms with Gasteiger partial charge in [-0.05, 0) is 43.3 Å². The average molecular weight is 337 g/mol. The second-order valence-corrected chi connectivity index (χ2v) is 6.22. The number of furan rings is 1. The molecular formula is C17H23ClN3O2+. The Labute approximate surface area is 141 Å². The first kappa shape index (κ1) is 17.4. The van der Waals surface area contributed by atoms with Crippen LogP contribution in [0.4, 0.5) is 10.5 Å². The molecule has 1 unspecified atom stereocenters. The molecule has 2 amide bonds. The Morgan fingerprint density at radius 2 is 2.00 bits per heavy atom. The molecule has 0 saturated heterocycles. The summed E-state index contributed by atoms with van der Waals surface area (Å²) in [5.74, 6) is 0.769. The predicted molar refractivity (Wildman–Crippen MR) is 92.0 cm³/mol. The number of anilines is 1. The average Bonchev–Trinajstić information content (AvgIpc) is 3.03. The lowest BCUT2D eigenvalue weighted by Gasteiger charge is -2.28. The van der Waals surface area contributed by atoms with Gasteiger partial charge in [0.25, 0.3) is 0 Å². The summed E-state index contributed by atoms with van der Waals surface area (Å²) in [6, 6.07) is 10.5. The number of carbonyl (C=O) groups excluding carboxylic acids is 1. The number of likely N-dealkylation sites (N-methyl/N-ethyl adjacent to an activating group) is 1. The van der Waals surface area contributed by atoms with Gasteiger partial charge in [-0.2, -0.15) is 0 Å². The van der Waals surface area contributed by atoms with Crippen molar-refractivity contribution in [2.24, 2.45) is 0 Å². The standard InChI is InChI=1S/C17H22ClN3O2/c1-13(16-5-4-12-23-16)21(11-10-20(2)3)17(22)19-15-8-6-14(18)7-9-15/h4-9,12-13H,10-11H2,1-3H3,(H,19,22)/p+1. The van der Waals surface area contributed by atoms with Crippen LogP contribution in [0.3, 0.4) is 0 Å². The summed E-state index contributed by atoms with van der Waals surface area (Å²) in [5.41, 5.74) is 0.716. The second-order valence-electron chi connectivity index (χ2n) is 5.78. The Bertz CT molecular complexity index is 611. The van der Waals surface area contributed by atoms with Crippen molar-refractivity contribution in [3.63, 3.8) is 0 Å². The van der Waals surface area contributed by atoms with E-state index in [9.17, 15) is 4.79 Å². The highest BCUT2D eigenvalue weighted by Crippen LogP contribution is 2.22. The van der Waals surface area contributed by atoms with Crippen LogP contribution in [0.25, 0.3) is 0 Å². The van der Waals surface area contributed by atoms with E-state index in [4.69, 9.17) is 16.0 Å². The maximum absolute atomic E-state index is 12.7. The maximum Gasteiger partial charge on any atom is 0.322 e. The van der Waals surface area contributed by atoms with E-state index in [1.54, 1.807) is 35.4 Å². The molecule has 0 aliphatic heterocycles. The molecule has 0 spiro atoms. The van der Waals surface area contributed by atoms with Crippen LogP contribution in [0.1, 0.15) is 18.7 Å². The number of benzene rings is 1. The molecule has 5 nitrogen and oxygen atoms in total. The van der Waals surface area contributed by atoms with Gasteiger partial charge in [0, 0.05) is 10.7 Å². The number of urea groups is 1. The summed E-state index contributed by atoms with van der Waals surface area (Å²) < 4.78 is 5.45. The van der Waals surface area contributed by atoms with Crippen LogP contribution in [0, 0.1) is 0 Å². The first-order valence-corrected chi connectivity index (χ1v) is 8.01. The van der Waals surface area contributed by atoms with Crippen LogP contribution in [-0.2, 0) is 0 Å². The Morgan fingerprint density at radius 3 is 2.57 bits per heavy atom. The van der Waals surface area contributed by atoms with E-state index in [1.807, 2.05) is 19.1 Å². The minimum absolute atomic E-state index is 0.142. The first-order valence-electron chi connectivity index (χ1n) is 7.63. The van der Waals surface area contributed by atoms with E-state index < -0.39 is 0 Å². The number of nitrogens with one attached hydrogen (secondary N) is 2. The van der Waals surface area contributed by atoms with Crippen molar-refractivity contribution in [2.75, 3.05) is 32.5 Å². The van der Waals surface area contributed by atoms with Gasteiger partial charge in [-0.15, -0.1) is 0 Å². The van der Waals surface area contributed by atoms with Crippen molar-refractivity contribution in [2.45, 2.75) is 13.0 Å². The molecule has 124 valence electrons. The molecule has 1 atom stereocenters. The van der Waals surface area contributed by atoms with E-state index in [2.05, 4.69) is 19.4 Å². The molecule has 0 radical (unpaired) electrons. The minimum atomic E-state index is -0.155. The molecule has 23 heavy (non-hydrogen) atoms. The fourth-order valence-electron chi connectivity index (χ4n) is 2.23. The fourth-order valence-corrected chi connectivity index (χ4v) is 2.35. The van der Waals surface area contributed by atoms with Gasteiger partial charge < -0.3 is 19.5 Å². The molecule has 0 saturated carbocycles. The van der Waals surface area contributed by atoms with Crippen molar-refractivity contribution in [3.8, 4) is 0 Å². The van der Waals surface area contributed by atoms with Crippen LogP contribution < -0.4 is 10.2 Å². The zero-order valence-electron chi connectivity index (χ0n) is 13.7. The van der Waals surface area contributed by atoms with E-state index in [1.165, 1.54) is 4.90 Å². The Balaban J connectivity index is 2.11. The normalized spacial score (nSPS) is 12.2. The van der Waals surface area contributed by atoms with Crippen LogP contribution in [0.5, 0.6) is 0 Å². The van der Waals surface area contributed by atoms with Gasteiger partial charge >= 0.3 is 6.03 Å². The molecule has 0 aliphatic rings. The number of nitrogens with zero attached hydrogens (tertiary/aromatic N) is 1. The quantitative estimate of drug-likeness (QED) is 0.852. The summed E-state index contributed by atoms with van der Waals surface area (Å²) in [4.78, 5) is 15.7. The van der Waals surface area contributed by atoms with Crippen LogP contribution in [-0.4, -0.2) is 38.1 Å². The minimum Gasteiger partial charge on any atom is -0.467 e. The molecular weight excluding hydrogens is 314 g/mol. The molecule has 0 fully saturated rings. The monoisotopic (exact) mass is 336 g/mol.